The second-order valence-electron chi connectivity index (χ2n) is 3.74. The molecule has 1 atom stereocenters. The largest absolute Gasteiger partial charge is 0.495 e. The van der Waals surface area contributed by atoms with Crippen molar-refractivity contribution in [3.8, 4) is 11.6 Å². The Labute approximate surface area is 106 Å². The third-order valence-electron chi connectivity index (χ3n) is 2.66. The Morgan fingerprint density at radius 1 is 1.22 bits per heavy atom. The van der Waals surface area contributed by atoms with Gasteiger partial charge in [0.25, 0.3) is 0 Å². The zero-order valence-electron chi connectivity index (χ0n) is 10.3. The minimum absolute atomic E-state index is 0.351. The maximum Gasteiger partial charge on any atom is 0.218 e. The zero-order valence-corrected chi connectivity index (χ0v) is 10.3. The number of methoxy groups -OCH3 is 2. The van der Waals surface area contributed by atoms with E-state index in [1.54, 1.807) is 32.8 Å². The third kappa shape index (κ3) is 2.41. The topological polar surface area (TPSA) is 70.3 Å². The van der Waals surface area contributed by atoms with Crippen LogP contribution in [0.5, 0.6) is 11.6 Å². The van der Waals surface area contributed by atoms with Crippen molar-refractivity contribution in [1.82, 2.24) is 9.97 Å². The quantitative estimate of drug-likeness (QED) is 0.884. The van der Waals surface area contributed by atoms with E-state index >= 15 is 0 Å². The van der Waals surface area contributed by atoms with E-state index in [0.717, 1.165) is 11.1 Å². The van der Waals surface area contributed by atoms with Gasteiger partial charge in [0.05, 0.1) is 26.5 Å². The van der Waals surface area contributed by atoms with Crippen molar-refractivity contribution in [2.75, 3.05) is 14.2 Å². The minimum atomic E-state index is -0.351. The second kappa shape index (κ2) is 5.46. The molecule has 0 aliphatic rings. The summed E-state index contributed by atoms with van der Waals surface area (Å²) in [6.45, 7) is 0. The molecule has 5 heteroatoms. The summed E-state index contributed by atoms with van der Waals surface area (Å²) < 4.78 is 10.3. The maximum atomic E-state index is 6.20. The molecule has 0 radical (unpaired) electrons. The Hall–Kier alpha value is -2.14. The van der Waals surface area contributed by atoms with Gasteiger partial charge in [0.2, 0.25) is 5.88 Å². The maximum absolute atomic E-state index is 6.20. The average molecular weight is 245 g/mol. The van der Waals surface area contributed by atoms with E-state index in [0.29, 0.717) is 11.6 Å². The summed E-state index contributed by atoms with van der Waals surface area (Å²) >= 11 is 0. The first-order valence-electron chi connectivity index (χ1n) is 5.49. The molecule has 0 bridgehead atoms. The molecule has 0 aliphatic carbocycles. The van der Waals surface area contributed by atoms with Crippen molar-refractivity contribution in [1.29, 1.82) is 0 Å². The number of rotatable bonds is 4. The Kier molecular flexibility index (Phi) is 3.74. The van der Waals surface area contributed by atoms with E-state index in [4.69, 9.17) is 15.2 Å². The lowest BCUT2D eigenvalue weighted by Crippen LogP contribution is -2.14. The van der Waals surface area contributed by atoms with Crippen LogP contribution in [0, 0.1) is 0 Å². The summed E-state index contributed by atoms with van der Waals surface area (Å²) in [5.41, 5.74) is 7.86. The molecule has 94 valence electrons. The van der Waals surface area contributed by atoms with Gasteiger partial charge in [0, 0.05) is 18.0 Å². The van der Waals surface area contributed by atoms with Crippen LogP contribution in [0.25, 0.3) is 0 Å². The Morgan fingerprint density at radius 2 is 2.06 bits per heavy atom. The first-order valence-corrected chi connectivity index (χ1v) is 5.49. The van der Waals surface area contributed by atoms with Gasteiger partial charge in [-0.05, 0) is 17.7 Å². The molecule has 2 aromatic heterocycles. The van der Waals surface area contributed by atoms with Gasteiger partial charge in [0.15, 0.2) is 0 Å². The van der Waals surface area contributed by atoms with Crippen molar-refractivity contribution in [2.45, 2.75) is 6.04 Å². The molecule has 0 saturated carbocycles. The molecule has 2 rings (SSSR count). The van der Waals surface area contributed by atoms with Crippen LogP contribution in [-0.4, -0.2) is 24.2 Å². The summed E-state index contributed by atoms with van der Waals surface area (Å²) in [5.74, 6) is 1.19. The molecule has 0 saturated heterocycles. The molecule has 2 aromatic rings. The van der Waals surface area contributed by atoms with Crippen LogP contribution in [0.2, 0.25) is 0 Å². The molecule has 5 nitrogen and oxygen atoms in total. The predicted octanol–water partition coefficient (Wildman–Crippen LogP) is 1.54. The van der Waals surface area contributed by atoms with E-state index in [1.807, 2.05) is 18.2 Å². The molecule has 0 spiro atoms. The minimum Gasteiger partial charge on any atom is -0.495 e. The van der Waals surface area contributed by atoms with Crippen LogP contribution in [-0.2, 0) is 0 Å². The number of hydrogen-bond donors (Lipinski definition) is 1. The monoisotopic (exact) mass is 245 g/mol. The molecule has 0 fully saturated rings. The predicted molar refractivity (Wildman–Crippen MR) is 67.6 cm³/mol. The van der Waals surface area contributed by atoms with Gasteiger partial charge >= 0.3 is 0 Å². The number of nitrogens with two attached hydrogens (primary N) is 1. The highest BCUT2D eigenvalue weighted by Crippen LogP contribution is 2.27. The second-order valence-corrected chi connectivity index (χ2v) is 3.74. The summed E-state index contributed by atoms with van der Waals surface area (Å²) in [4.78, 5) is 8.22. The van der Waals surface area contributed by atoms with E-state index in [2.05, 4.69) is 9.97 Å². The standard InChI is InChI=1S/C13H15N3O2/c1-17-10-6-9(7-15-8-10)12(14)11-4-3-5-16-13(11)18-2/h3-8,12H,14H2,1-2H3. The Balaban J connectivity index is 2.37. The van der Waals surface area contributed by atoms with Gasteiger partial charge in [-0.1, -0.05) is 6.07 Å². The van der Waals surface area contributed by atoms with Gasteiger partial charge in [-0.2, -0.15) is 0 Å². The molecular weight excluding hydrogens is 230 g/mol. The zero-order chi connectivity index (χ0) is 13.0. The molecule has 1 unspecified atom stereocenters. The summed E-state index contributed by atoms with van der Waals surface area (Å²) in [6, 6.07) is 5.21. The molecule has 18 heavy (non-hydrogen) atoms. The van der Waals surface area contributed by atoms with Gasteiger partial charge in [-0.3, -0.25) is 4.98 Å². The van der Waals surface area contributed by atoms with Gasteiger partial charge in [0.1, 0.15) is 5.75 Å². The number of aromatic nitrogens is 2. The highest BCUT2D eigenvalue weighted by Gasteiger charge is 2.15. The first kappa shape index (κ1) is 12.3. The van der Waals surface area contributed by atoms with Crippen LogP contribution < -0.4 is 15.2 Å². The van der Waals surface area contributed by atoms with Gasteiger partial charge in [-0.25, -0.2) is 4.98 Å². The molecular formula is C13H15N3O2. The fourth-order valence-electron chi connectivity index (χ4n) is 1.71. The average Bonchev–Trinajstić information content (AvgIpc) is 2.46. The van der Waals surface area contributed by atoms with Crippen molar-refractivity contribution in [3.05, 3.63) is 47.9 Å². The summed E-state index contributed by atoms with van der Waals surface area (Å²) in [7, 11) is 3.17. The Bertz CT molecular complexity index is 531. The fourth-order valence-corrected chi connectivity index (χ4v) is 1.71. The SMILES string of the molecule is COc1cncc(C(N)c2cccnc2OC)c1. The normalized spacial score (nSPS) is 11.9. The fraction of sp³-hybridized carbons (Fsp3) is 0.231. The van der Waals surface area contributed by atoms with Crippen LogP contribution in [0.4, 0.5) is 0 Å². The van der Waals surface area contributed by atoms with Crippen LogP contribution >= 0.6 is 0 Å². The molecule has 2 heterocycles. The smallest absolute Gasteiger partial charge is 0.218 e. The van der Waals surface area contributed by atoms with Crippen molar-refractivity contribution < 1.29 is 9.47 Å². The molecule has 0 aliphatic heterocycles. The lowest BCUT2D eigenvalue weighted by Gasteiger charge is -2.15. The van der Waals surface area contributed by atoms with E-state index < -0.39 is 0 Å². The van der Waals surface area contributed by atoms with Crippen molar-refractivity contribution >= 4 is 0 Å². The molecule has 2 N–H and O–H groups in total. The van der Waals surface area contributed by atoms with Gasteiger partial charge < -0.3 is 15.2 Å². The molecule has 0 aromatic carbocycles. The Morgan fingerprint density at radius 3 is 2.78 bits per heavy atom. The lowest BCUT2D eigenvalue weighted by molar-refractivity contribution is 0.390. The van der Waals surface area contributed by atoms with Crippen LogP contribution in [0.1, 0.15) is 17.2 Å². The number of ether oxygens (including phenoxy) is 2. The summed E-state index contributed by atoms with van der Waals surface area (Å²) in [5, 5.41) is 0. The van der Waals surface area contributed by atoms with E-state index in [1.165, 1.54) is 0 Å². The van der Waals surface area contributed by atoms with Gasteiger partial charge in [-0.15, -0.1) is 0 Å². The lowest BCUT2D eigenvalue weighted by atomic mass is 10.0. The number of pyridine rings is 2. The van der Waals surface area contributed by atoms with Crippen LogP contribution in [0.15, 0.2) is 36.8 Å². The third-order valence-corrected chi connectivity index (χ3v) is 2.66. The van der Waals surface area contributed by atoms with Crippen LogP contribution in [0.3, 0.4) is 0 Å². The highest BCUT2D eigenvalue weighted by molar-refractivity contribution is 5.38. The van der Waals surface area contributed by atoms with E-state index in [9.17, 15) is 0 Å². The molecule has 0 amide bonds. The number of hydrogen-bond acceptors (Lipinski definition) is 5. The summed E-state index contributed by atoms with van der Waals surface area (Å²) in [6.07, 6.45) is 5.01. The number of nitrogens with zero attached hydrogens (tertiary/aromatic N) is 2. The van der Waals surface area contributed by atoms with Crippen molar-refractivity contribution in [2.24, 2.45) is 5.73 Å². The van der Waals surface area contributed by atoms with Crippen molar-refractivity contribution in [3.63, 3.8) is 0 Å². The first-order chi connectivity index (χ1) is 8.76. The highest BCUT2D eigenvalue weighted by atomic mass is 16.5. The van der Waals surface area contributed by atoms with E-state index in [-0.39, 0.29) is 6.04 Å².